The molecule has 0 radical (unpaired) electrons. The average molecular weight is 437 g/mol. The summed E-state index contributed by atoms with van der Waals surface area (Å²) in [6.07, 6.45) is 7.48. The fourth-order valence-corrected chi connectivity index (χ4v) is 4.84. The van der Waals surface area contributed by atoms with E-state index in [9.17, 15) is 13.8 Å². The molecule has 1 aromatic carbocycles. The molecule has 0 saturated carbocycles. The minimum atomic E-state index is -2.03. The van der Waals surface area contributed by atoms with Gasteiger partial charge in [-0.3, -0.25) is 13.8 Å². The van der Waals surface area contributed by atoms with Crippen LogP contribution in [0.1, 0.15) is 37.7 Å². The third-order valence-corrected chi connectivity index (χ3v) is 7.52. The van der Waals surface area contributed by atoms with E-state index in [0.717, 1.165) is 42.0 Å². The first-order valence-electron chi connectivity index (χ1n) is 10.0. The molecule has 1 heterocycles. The minimum Gasteiger partial charge on any atom is -0.316 e. The standard InChI is InChI=1S/C22H32N2O3S2/c1-23-29(2,27)17-7-15-28-16-14-24-20(10-6-11-22(24)26)12-13-21(25)18-19-8-4-3-5-9-19/h3-5,8-9,12,17H,6-7,10-11,13-16,18H2,1-2H3,(H,23,27). The van der Waals surface area contributed by atoms with Crippen molar-refractivity contribution >= 4 is 38.5 Å². The maximum Gasteiger partial charge on any atom is 0.226 e. The third-order valence-electron chi connectivity index (χ3n) is 4.84. The molecule has 1 amide bonds. The van der Waals surface area contributed by atoms with Crippen molar-refractivity contribution in [3.05, 3.63) is 47.7 Å². The molecule has 1 atom stereocenters. The van der Waals surface area contributed by atoms with Gasteiger partial charge < -0.3 is 4.90 Å². The van der Waals surface area contributed by atoms with Crippen LogP contribution in [-0.4, -0.2) is 57.5 Å². The van der Waals surface area contributed by atoms with Crippen molar-refractivity contribution < 1.29 is 13.8 Å². The van der Waals surface area contributed by atoms with Gasteiger partial charge in [-0.1, -0.05) is 36.4 Å². The van der Waals surface area contributed by atoms with E-state index >= 15 is 0 Å². The Balaban J connectivity index is 1.82. The summed E-state index contributed by atoms with van der Waals surface area (Å²) in [6.45, 7) is 0.662. The minimum absolute atomic E-state index is 0.150. The van der Waals surface area contributed by atoms with Crippen LogP contribution in [0.5, 0.6) is 0 Å². The van der Waals surface area contributed by atoms with E-state index in [0.29, 0.717) is 25.8 Å². The van der Waals surface area contributed by atoms with Gasteiger partial charge in [0.05, 0.1) is 0 Å². The molecule has 7 heteroatoms. The van der Waals surface area contributed by atoms with Crippen LogP contribution in [0.25, 0.3) is 0 Å². The van der Waals surface area contributed by atoms with Crippen LogP contribution < -0.4 is 4.72 Å². The highest BCUT2D eigenvalue weighted by molar-refractivity contribution is 8.00. The van der Waals surface area contributed by atoms with Gasteiger partial charge in [-0.15, -0.1) is 0 Å². The molecule has 1 fully saturated rings. The monoisotopic (exact) mass is 436 g/mol. The zero-order valence-corrected chi connectivity index (χ0v) is 19.0. The predicted molar refractivity (Wildman–Crippen MR) is 125 cm³/mol. The lowest BCUT2D eigenvalue weighted by Crippen LogP contribution is -2.35. The Morgan fingerprint density at radius 1 is 1.24 bits per heavy atom. The first kappa shape index (κ1) is 23.7. The van der Waals surface area contributed by atoms with Gasteiger partial charge >= 0.3 is 0 Å². The average Bonchev–Trinajstić information content (AvgIpc) is 2.71. The van der Waals surface area contributed by atoms with Gasteiger partial charge in [0.15, 0.2) is 0 Å². The molecular formula is C22H32N2O3S2. The number of amides is 1. The van der Waals surface area contributed by atoms with Crippen molar-refractivity contribution in [2.45, 2.75) is 38.5 Å². The molecule has 160 valence electrons. The van der Waals surface area contributed by atoms with Crippen LogP contribution >= 0.6 is 11.8 Å². The number of nitrogens with zero attached hydrogens (tertiary/aromatic N) is 1. The number of piperidine rings is 1. The smallest absolute Gasteiger partial charge is 0.226 e. The topological polar surface area (TPSA) is 66.5 Å². The van der Waals surface area contributed by atoms with Crippen molar-refractivity contribution in [3.63, 3.8) is 0 Å². The van der Waals surface area contributed by atoms with Gasteiger partial charge in [-0.2, -0.15) is 11.8 Å². The van der Waals surface area contributed by atoms with Gasteiger partial charge in [-0.05, 0) is 43.0 Å². The molecule has 1 unspecified atom stereocenters. The number of hydrogen-bond acceptors (Lipinski definition) is 4. The fraction of sp³-hybridized carbons (Fsp3) is 0.500. The number of likely N-dealkylation sites (tertiary alicyclic amines) is 1. The van der Waals surface area contributed by atoms with Crippen LogP contribution in [0.15, 0.2) is 42.1 Å². The Morgan fingerprint density at radius 2 is 2.00 bits per heavy atom. The molecule has 0 bridgehead atoms. The second kappa shape index (κ2) is 12.2. The van der Waals surface area contributed by atoms with Crippen LogP contribution in [0.4, 0.5) is 0 Å². The number of Topliss-reactive ketones (excluding diaryl/α,β-unsaturated/α-hetero) is 1. The number of rotatable bonds is 11. The molecule has 2 rings (SSSR count). The summed E-state index contributed by atoms with van der Waals surface area (Å²) in [7, 11) is -0.326. The SMILES string of the molecule is CNS(C)(=O)=CCCSCCN1C(=O)CCCC1=CCC(=O)Cc1ccccc1. The number of benzene rings is 1. The van der Waals surface area contributed by atoms with Crippen molar-refractivity contribution in [1.29, 1.82) is 0 Å². The van der Waals surface area contributed by atoms with Crippen LogP contribution in [0.3, 0.4) is 0 Å². The number of hydrogen-bond donors (Lipinski definition) is 1. The second-order valence-electron chi connectivity index (χ2n) is 7.18. The number of thioether (sulfide) groups is 1. The Labute approximate surface area is 179 Å². The molecule has 0 aliphatic carbocycles. The Hall–Kier alpha value is -1.57. The summed E-state index contributed by atoms with van der Waals surface area (Å²) in [5, 5.41) is 1.83. The van der Waals surface area contributed by atoms with E-state index in [-0.39, 0.29) is 11.7 Å². The quantitative estimate of drug-likeness (QED) is 0.428. The van der Waals surface area contributed by atoms with Gasteiger partial charge in [-0.25, -0.2) is 4.72 Å². The molecule has 1 aliphatic heterocycles. The Kier molecular flexibility index (Phi) is 9.97. The summed E-state index contributed by atoms with van der Waals surface area (Å²) >= 11 is 1.76. The Bertz CT molecular complexity index is 828. The first-order valence-corrected chi connectivity index (χ1v) is 13.2. The van der Waals surface area contributed by atoms with E-state index in [2.05, 4.69) is 4.72 Å². The zero-order valence-electron chi connectivity index (χ0n) is 17.4. The molecule has 29 heavy (non-hydrogen) atoms. The molecule has 1 aliphatic rings. The predicted octanol–water partition coefficient (Wildman–Crippen LogP) is 3.06. The molecular weight excluding hydrogens is 404 g/mol. The van der Waals surface area contributed by atoms with E-state index in [1.807, 2.05) is 46.7 Å². The maximum atomic E-state index is 12.4. The third kappa shape index (κ3) is 8.76. The first-order chi connectivity index (χ1) is 13.9. The van der Waals surface area contributed by atoms with Gasteiger partial charge in [0.2, 0.25) is 5.91 Å². The van der Waals surface area contributed by atoms with Gasteiger partial charge in [0.25, 0.3) is 0 Å². The van der Waals surface area contributed by atoms with Crippen molar-refractivity contribution in [2.75, 3.05) is 31.4 Å². The highest BCUT2D eigenvalue weighted by atomic mass is 32.2. The Morgan fingerprint density at radius 3 is 2.72 bits per heavy atom. The number of carbonyl (C=O) groups excluding carboxylic acids is 2. The van der Waals surface area contributed by atoms with Crippen LogP contribution in [0.2, 0.25) is 0 Å². The van der Waals surface area contributed by atoms with Crippen molar-refractivity contribution in [2.24, 2.45) is 0 Å². The molecule has 5 nitrogen and oxygen atoms in total. The highest BCUT2D eigenvalue weighted by Crippen LogP contribution is 2.23. The maximum absolute atomic E-state index is 12.4. The van der Waals surface area contributed by atoms with Crippen molar-refractivity contribution in [1.82, 2.24) is 9.62 Å². The molecule has 1 saturated heterocycles. The van der Waals surface area contributed by atoms with Crippen LogP contribution in [0, 0.1) is 0 Å². The second-order valence-corrected chi connectivity index (χ2v) is 10.9. The summed E-state index contributed by atoms with van der Waals surface area (Å²) in [4.78, 5) is 26.5. The summed E-state index contributed by atoms with van der Waals surface area (Å²) in [5.74, 6) is 2.03. The van der Waals surface area contributed by atoms with E-state index < -0.39 is 9.71 Å². The lowest BCUT2D eigenvalue weighted by atomic mass is 10.0. The number of nitrogens with one attached hydrogen (secondary N) is 1. The number of carbonyl (C=O) groups is 2. The lowest BCUT2D eigenvalue weighted by molar-refractivity contribution is -0.130. The number of ketones is 1. The highest BCUT2D eigenvalue weighted by Gasteiger charge is 2.22. The largest absolute Gasteiger partial charge is 0.316 e. The number of allylic oxidation sites excluding steroid dienone is 2. The molecule has 1 N–H and O–H groups in total. The van der Waals surface area contributed by atoms with E-state index in [4.69, 9.17) is 0 Å². The van der Waals surface area contributed by atoms with Gasteiger partial charge in [0.1, 0.15) is 5.78 Å². The normalized spacial score (nSPS) is 17.9. The molecule has 0 aromatic heterocycles. The summed E-state index contributed by atoms with van der Waals surface area (Å²) in [5.41, 5.74) is 2.01. The fourth-order valence-electron chi connectivity index (χ4n) is 3.16. The molecule has 1 aromatic rings. The van der Waals surface area contributed by atoms with E-state index in [1.54, 1.807) is 25.1 Å². The summed E-state index contributed by atoms with van der Waals surface area (Å²) < 4.78 is 14.7. The van der Waals surface area contributed by atoms with Crippen LogP contribution in [-0.2, 0) is 25.7 Å². The zero-order chi connectivity index (χ0) is 21.1. The summed E-state index contributed by atoms with van der Waals surface area (Å²) in [6, 6.07) is 9.75. The lowest BCUT2D eigenvalue weighted by Gasteiger charge is -2.29. The van der Waals surface area contributed by atoms with E-state index in [1.165, 1.54) is 0 Å². The van der Waals surface area contributed by atoms with Gasteiger partial charge in [0, 0.05) is 53.2 Å². The van der Waals surface area contributed by atoms with Crippen molar-refractivity contribution in [3.8, 4) is 0 Å². The molecule has 0 spiro atoms.